The SMILES string of the molecule is O=C(C=Cc1ccccc1Cl)NNC(=O)CCN1CCN(C(c2ccccc2)c2ccccc2)CC1. The van der Waals surface area contributed by atoms with Gasteiger partial charge in [0.1, 0.15) is 0 Å². The van der Waals surface area contributed by atoms with Crippen LogP contribution in [-0.2, 0) is 9.59 Å². The van der Waals surface area contributed by atoms with Crippen LogP contribution in [0.25, 0.3) is 6.08 Å². The van der Waals surface area contributed by atoms with Gasteiger partial charge in [-0.15, -0.1) is 0 Å². The van der Waals surface area contributed by atoms with Crippen LogP contribution in [0.1, 0.15) is 29.2 Å². The second-order valence-electron chi connectivity index (χ2n) is 8.74. The molecule has 0 unspecified atom stereocenters. The van der Waals surface area contributed by atoms with Crippen molar-refractivity contribution in [2.45, 2.75) is 12.5 Å². The first kappa shape index (κ1) is 25.6. The largest absolute Gasteiger partial charge is 0.300 e. The Balaban J connectivity index is 1.22. The zero-order valence-corrected chi connectivity index (χ0v) is 20.9. The van der Waals surface area contributed by atoms with Crippen LogP contribution in [0.5, 0.6) is 0 Å². The van der Waals surface area contributed by atoms with Gasteiger partial charge in [-0.3, -0.25) is 25.3 Å². The number of hydrogen-bond acceptors (Lipinski definition) is 4. The molecule has 1 heterocycles. The van der Waals surface area contributed by atoms with Gasteiger partial charge in [0.05, 0.1) is 6.04 Å². The van der Waals surface area contributed by atoms with Crippen LogP contribution < -0.4 is 10.9 Å². The third-order valence-electron chi connectivity index (χ3n) is 6.30. The van der Waals surface area contributed by atoms with E-state index in [1.807, 2.05) is 30.3 Å². The van der Waals surface area contributed by atoms with Gasteiger partial charge < -0.3 is 4.90 Å². The summed E-state index contributed by atoms with van der Waals surface area (Å²) in [7, 11) is 0. The number of nitrogens with one attached hydrogen (secondary N) is 2. The molecule has 36 heavy (non-hydrogen) atoms. The minimum atomic E-state index is -0.412. The molecule has 0 atom stereocenters. The van der Waals surface area contributed by atoms with E-state index >= 15 is 0 Å². The highest BCUT2D eigenvalue weighted by Gasteiger charge is 2.26. The number of carbonyl (C=O) groups excluding carboxylic acids is 2. The molecule has 0 bridgehead atoms. The average molecular weight is 503 g/mol. The molecule has 0 aliphatic carbocycles. The van der Waals surface area contributed by atoms with E-state index in [0.717, 1.165) is 31.7 Å². The Morgan fingerprint density at radius 2 is 1.39 bits per heavy atom. The van der Waals surface area contributed by atoms with E-state index in [1.165, 1.54) is 17.2 Å². The van der Waals surface area contributed by atoms with Gasteiger partial charge in [0.25, 0.3) is 5.91 Å². The summed E-state index contributed by atoms with van der Waals surface area (Å²) in [4.78, 5) is 29.1. The molecule has 2 amide bonds. The summed E-state index contributed by atoms with van der Waals surface area (Å²) < 4.78 is 0. The van der Waals surface area contributed by atoms with E-state index in [4.69, 9.17) is 11.6 Å². The molecule has 0 radical (unpaired) electrons. The molecule has 1 fully saturated rings. The van der Waals surface area contributed by atoms with Gasteiger partial charge >= 0.3 is 0 Å². The van der Waals surface area contributed by atoms with Crippen molar-refractivity contribution >= 4 is 29.5 Å². The minimum Gasteiger partial charge on any atom is -0.300 e. The van der Waals surface area contributed by atoms with Gasteiger partial charge in [-0.25, -0.2) is 0 Å². The molecule has 2 N–H and O–H groups in total. The maximum Gasteiger partial charge on any atom is 0.262 e. The number of piperazine rings is 1. The topological polar surface area (TPSA) is 64.7 Å². The first-order chi connectivity index (χ1) is 17.6. The molecule has 7 heteroatoms. The van der Waals surface area contributed by atoms with Crippen molar-refractivity contribution in [2.24, 2.45) is 0 Å². The molecule has 0 aromatic heterocycles. The van der Waals surface area contributed by atoms with Crippen LogP contribution in [0, 0.1) is 0 Å². The molecule has 0 spiro atoms. The smallest absolute Gasteiger partial charge is 0.262 e. The van der Waals surface area contributed by atoms with Gasteiger partial charge in [0.15, 0.2) is 0 Å². The van der Waals surface area contributed by atoms with Crippen LogP contribution in [0.4, 0.5) is 0 Å². The van der Waals surface area contributed by atoms with Crippen LogP contribution in [0.15, 0.2) is 91.0 Å². The number of nitrogens with zero attached hydrogens (tertiary/aromatic N) is 2. The summed E-state index contributed by atoms with van der Waals surface area (Å²) >= 11 is 6.08. The Kier molecular flexibility index (Phi) is 9.27. The highest BCUT2D eigenvalue weighted by Crippen LogP contribution is 2.29. The van der Waals surface area contributed by atoms with Gasteiger partial charge in [-0.05, 0) is 28.8 Å². The first-order valence-corrected chi connectivity index (χ1v) is 12.6. The van der Waals surface area contributed by atoms with Crippen molar-refractivity contribution < 1.29 is 9.59 Å². The second-order valence-corrected chi connectivity index (χ2v) is 9.15. The molecule has 1 aliphatic rings. The lowest BCUT2D eigenvalue weighted by Gasteiger charge is -2.39. The highest BCUT2D eigenvalue weighted by molar-refractivity contribution is 6.32. The van der Waals surface area contributed by atoms with E-state index < -0.39 is 5.91 Å². The lowest BCUT2D eigenvalue weighted by Crippen LogP contribution is -2.49. The third-order valence-corrected chi connectivity index (χ3v) is 6.65. The van der Waals surface area contributed by atoms with Crippen molar-refractivity contribution in [3.63, 3.8) is 0 Å². The number of halogens is 1. The number of rotatable bonds is 8. The number of carbonyl (C=O) groups is 2. The molecule has 4 rings (SSSR count). The first-order valence-electron chi connectivity index (χ1n) is 12.2. The van der Waals surface area contributed by atoms with Crippen LogP contribution in [-0.4, -0.2) is 54.3 Å². The Morgan fingerprint density at radius 1 is 0.806 bits per heavy atom. The molecule has 3 aromatic rings. The Bertz CT molecular complexity index is 1120. The number of benzene rings is 3. The lowest BCUT2D eigenvalue weighted by atomic mass is 9.96. The summed E-state index contributed by atoms with van der Waals surface area (Å²) in [6.45, 7) is 4.25. The zero-order chi connectivity index (χ0) is 25.2. The molecule has 186 valence electrons. The number of hydrazine groups is 1. The zero-order valence-electron chi connectivity index (χ0n) is 20.1. The fourth-order valence-electron chi connectivity index (χ4n) is 4.40. The maximum absolute atomic E-state index is 12.3. The summed E-state index contributed by atoms with van der Waals surface area (Å²) in [6, 6.07) is 28.6. The summed E-state index contributed by atoms with van der Waals surface area (Å²) in [5, 5.41) is 0.560. The van der Waals surface area contributed by atoms with Crippen molar-refractivity contribution in [1.82, 2.24) is 20.7 Å². The second kappa shape index (κ2) is 13.0. The van der Waals surface area contributed by atoms with Gasteiger partial charge in [0.2, 0.25) is 5.91 Å². The van der Waals surface area contributed by atoms with Crippen molar-refractivity contribution in [1.29, 1.82) is 0 Å². The molecule has 0 saturated carbocycles. The van der Waals surface area contributed by atoms with Crippen LogP contribution in [0.3, 0.4) is 0 Å². The van der Waals surface area contributed by atoms with Gasteiger partial charge in [0, 0.05) is 50.2 Å². The monoisotopic (exact) mass is 502 g/mol. The summed E-state index contributed by atoms with van der Waals surface area (Å²) in [6.07, 6.45) is 3.27. The van der Waals surface area contributed by atoms with Gasteiger partial charge in [-0.2, -0.15) is 0 Å². The van der Waals surface area contributed by atoms with Crippen molar-refractivity contribution in [3.05, 3.63) is 113 Å². The summed E-state index contributed by atoms with van der Waals surface area (Å²) in [5.74, 6) is -0.631. The van der Waals surface area contributed by atoms with Crippen LogP contribution in [0.2, 0.25) is 5.02 Å². The van der Waals surface area contributed by atoms with E-state index in [0.29, 0.717) is 18.0 Å². The molecule has 1 saturated heterocycles. The third kappa shape index (κ3) is 7.28. The molecule has 3 aromatic carbocycles. The summed E-state index contributed by atoms with van der Waals surface area (Å²) in [5.41, 5.74) is 8.22. The minimum absolute atomic E-state index is 0.215. The fourth-order valence-corrected chi connectivity index (χ4v) is 4.60. The number of amides is 2. The molecular formula is C29H31ClN4O2. The van der Waals surface area contributed by atoms with E-state index in [1.54, 1.807) is 12.1 Å². The maximum atomic E-state index is 12.3. The standard InChI is InChI=1S/C29H31ClN4O2/c30-26-14-8-7-9-23(26)15-16-27(35)31-32-28(36)17-18-33-19-21-34(22-20-33)29(24-10-3-1-4-11-24)25-12-5-2-6-13-25/h1-16,29H,17-22H2,(H,31,35)(H,32,36). The normalized spacial score (nSPS) is 14.7. The molecule has 1 aliphatic heterocycles. The van der Waals surface area contributed by atoms with Gasteiger partial charge in [-0.1, -0.05) is 90.5 Å². The van der Waals surface area contributed by atoms with Crippen molar-refractivity contribution in [3.8, 4) is 0 Å². The quantitative estimate of drug-likeness (QED) is 0.356. The van der Waals surface area contributed by atoms with Crippen molar-refractivity contribution in [2.75, 3.05) is 32.7 Å². The average Bonchev–Trinajstić information content (AvgIpc) is 2.92. The van der Waals surface area contributed by atoms with E-state index in [2.05, 4.69) is 69.2 Å². The van der Waals surface area contributed by atoms with Crippen LogP contribution >= 0.6 is 11.6 Å². The van der Waals surface area contributed by atoms with E-state index in [9.17, 15) is 9.59 Å². The Hall–Kier alpha value is -3.45. The lowest BCUT2D eigenvalue weighted by molar-refractivity contribution is -0.127. The fraction of sp³-hybridized carbons (Fsp3) is 0.241. The molecular weight excluding hydrogens is 472 g/mol. The Labute approximate surface area is 217 Å². The van der Waals surface area contributed by atoms with E-state index in [-0.39, 0.29) is 11.9 Å². The number of hydrogen-bond donors (Lipinski definition) is 2. The molecule has 6 nitrogen and oxygen atoms in total. The predicted octanol–water partition coefficient (Wildman–Crippen LogP) is 4.30. The predicted molar refractivity (Wildman–Crippen MR) is 144 cm³/mol. The highest BCUT2D eigenvalue weighted by atomic mass is 35.5. The Morgan fingerprint density at radius 3 is 2.00 bits per heavy atom.